The van der Waals surface area contributed by atoms with Gasteiger partial charge in [0.15, 0.2) is 0 Å². The monoisotopic (exact) mass is 814 g/mol. The predicted octanol–water partition coefficient (Wildman–Crippen LogP) is 14.2. The Morgan fingerprint density at radius 2 is 1.05 bits per heavy atom. The molecule has 1 aliphatic rings. The van der Waals surface area contributed by atoms with Gasteiger partial charge in [-0.2, -0.15) is 0 Å². The quantitative estimate of drug-likeness (QED) is 0.0961. The first-order valence-electron chi connectivity index (χ1n) is 18.9. The van der Waals surface area contributed by atoms with Crippen LogP contribution >= 0.6 is 22.6 Å². The lowest BCUT2D eigenvalue weighted by Crippen LogP contribution is -2.22. The molecule has 10 aromatic rings. The van der Waals surface area contributed by atoms with Crippen molar-refractivity contribution in [2.75, 3.05) is 4.43 Å². The zero-order valence-electron chi connectivity index (χ0n) is 30.3. The summed E-state index contributed by atoms with van der Waals surface area (Å²) in [5, 5.41) is 7.40. The van der Waals surface area contributed by atoms with Gasteiger partial charge in [-0.05, 0) is 114 Å². The number of hydrogen-bond acceptors (Lipinski definition) is 1. The second kappa shape index (κ2) is 12.5. The van der Waals surface area contributed by atoms with Crippen LogP contribution in [0.25, 0.3) is 93.5 Å². The van der Waals surface area contributed by atoms with Gasteiger partial charge in [-0.15, -0.1) is 0 Å². The van der Waals surface area contributed by atoms with Crippen molar-refractivity contribution in [3.05, 3.63) is 193 Å². The number of nitrogens with zero attached hydrogens (tertiary/aromatic N) is 2. The Kier molecular flexibility index (Phi) is 7.37. The Hall–Kier alpha value is -6.04. The maximum Gasteiger partial charge on any atom is 0.0571 e. The van der Waals surface area contributed by atoms with E-state index in [1.807, 2.05) is 12.4 Å². The van der Waals surface area contributed by atoms with Gasteiger partial charge in [-0.1, -0.05) is 163 Å². The number of alkyl halides is 1. The van der Waals surface area contributed by atoms with E-state index >= 15 is 0 Å². The molecule has 3 heteroatoms. The molecule has 0 spiro atoms. The minimum absolute atomic E-state index is 0.0453. The third-order valence-electron chi connectivity index (χ3n) is 12.0. The van der Waals surface area contributed by atoms with Crippen LogP contribution in [-0.2, 0) is 5.41 Å². The third-order valence-corrected chi connectivity index (χ3v) is 13.5. The van der Waals surface area contributed by atoms with E-state index in [2.05, 4.69) is 209 Å². The number of hydrogen-bond donors (Lipinski definition) is 0. The Morgan fingerprint density at radius 1 is 0.473 bits per heavy atom. The summed E-state index contributed by atoms with van der Waals surface area (Å²) in [5.74, 6) is 0. The van der Waals surface area contributed by atoms with Crippen LogP contribution in [0.15, 0.2) is 182 Å². The topological polar surface area (TPSA) is 17.8 Å². The Morgan fingerprint density at radius 3 is 1.78 bits per heavy atom. The lowest BCUT2D eigenvalue weighted by Gasteiger charge is -2.25. The average Bonchev–Trinajstić information content (AvgIpc) is 3.72. The summed E-state index contributed by atoms with van der Waals surface area (Å²) in [6, 6.07) is 62.8. The van der Waals surface area contributed by atoms with E-state index in [0.29, 0.717) is 0 Å². The van der Waals surface area contributed by atoms with E-state index < -0.39 is 0 Å². The largest absolute Gasteiger partial charge is 0.309 e. The molecule has 2 nitrogen and oxygen atoms in total. The maximum atomic E-state index is 4.63. The standard InChI is InChI=1S/C52H35IN2/c1-52(32-53)46-19-11-10-16-38(46)39-24-22-37(30-47(39)52)55-48-25-21-36(28-43(48)45-31-54-27-26-49(45)55)35-20-23-42-44(29-35)51(34-14-6-3-7-15-34)41-18-9-8-17-40(41)50(42)33-12-4-2-5-13-33/h2-31H,32H2,1H3. The van der Waals surface area contributed by atoms with Crippen LogP contribution in [0, 0.1) is 0 Å². The highest BCUT2D eigenvalue weighted by Gasteiger charge is 2.38. The number of benzene rings is 8. The summed E-state index contributed by atoms with van der Waals surface area (Å²) in [7, 11) is 0. The molecule has 1 unspecified atom stereocenters. The minimum Gasteiger partial charge on any atom is -0.309 e. The summed E-state index contributed by atoms with van der Waals surface area (Å²) in [4.78, 5) is 4.63. The van der Waals surface area contributed by atoms with E-state index in [4.69, 9.17) is 0 Å². The summed E-state index contributed by atoms with van der Waals surface area (Å²) >= 11 is 2.57. The highest BCUT2D eigenvalue weighted by molar-refractivity contribution is 14.1. The van der Waals surface area contributed by atoms with Crippen molar-refractivity contribution in [1.29, 1.82) is 0 Å². The molecule has 2 heterocycles. The normalized spacial score (nSPS) is 14.9. The molecular formula is C52H35IN2. The highest BCUT2D eigenvalue weighted by atomic mass is 127. The molecule has 0 fully saturated rings. The van der Waals surface area contributed by atoms with E-state index in [1.54, 1.807) is 0 Å². The van der Waals surface area contributed by atoms with Crippen LogP contribution in [0.4, 0.5) is 0 Å². The maximum absolute atomic E-state index is 4.63. The summed E-state index contributed by atoms with van der Waals surface area (Å²) in [6.45, 7) is 2.40. The smallest absolute Gasteiger partial charge is 0.0571 e. The van der Waals surface area contributed by atoms with Crippen molar-refractivity contribution in [2.24, 2.45) is 0 Å². The van der Waals surface area contributed by atoms with Crippen LogP contribution in [0.3, 0.4) is 0 Å². The lowest BCUT2D eigenvalue weighted by atomic mass is 9.82. The van der Waals surface area contributed by atoms with Gasteiger partial charge < -0.3 is 4.57 Å². The zero-order chi connectivity index (χ0) is 36.7. The van der Waals surface area contributed by atoms with Gasteiger partial charge in [0.05, 0.1) is 11.0 Å². The van der Waals surface area contributed by atoms with Crippen molar-refractivity contribution < 1.29 is 0 Å². The van der Waals surface area contributed by atoms with Gasteiger partial charge >= 0.3 is 0 Å². The summed E-state index contributed by atoms with van der Waals surface area (Å²) in [6.07, 6.45) is 3.95. The number of halogens is 1. The van der Waals surface area contributed by atoms with Crippen molar-refractivity contribution in [1.82, 2.24) is 9.55 Å². The first kappa shape index (κ1) is 32.4. The van der Waals surface area contributed by atoms with E-state index in [9.17, 15) is 0 Å². The first-order chi connectivity index (χ1) is 27.1. The molecule has 11 rings (SSSR count). The summed E-state index contributed by atoms with van der Waals surface area (Å²) < 4.78 is 3.44. The van der Waals surface area contributed by atoms with Crippen LogP contribution in [0.1, 0.15) is 18.1 Å². The Balaban J connectivity index is 1.13. The third kappa shape index (κ3) is 4.82. The molecule has 0 N–H and O–H groups in total. The molecule has 2 aromatic heterocycles. The van der Waals surface area contributed by atoms with Crippen LogP contribution in [0.2, 0.25) is 0 Å². The molecule has 0 saturated carbocycles. The van der Waals surface area contributed by atoms with Gasteiger partial charge in [0.25, 0.3) is 0 Å². The molecule has 55 heavy (non-hydrogen) atoms. The number of pyridine rings is 1. The van der Waals surface area contributed by atoms with Crippen molar-refractivity contribution in [3.63, 3.8) is 0 Å². The van der Waals surface area contributed by atoms with Crippen molar-refractivity contribution in [3.8, 4) is 50.2 Å². The molecule has 1 atom stereocenters. The second-order valence-corrected chi connectivity index (χ2v) is 15.8. The number of rotatable bonds is 5. The first-order valence-corrected chi connectivity index (χ1v) is 20.4. The molecule has 0 amide bonds. The van der Waals surface area contributed by atoms with Crippen LogP contribution < -0.4 is 0 Å². The highest BCUT2D eigenvalue weighted by Crippen LogP contribution is 2.51. The van der Waals surface area contributed by atoms with Crippen molar-refractivity contribution >= 4 is 65.9 Å². The fraction of sp³-hybridized carbons (Fsp3) is 0.0577. The van der Waals surface area contributed by atoms with E-state index in [0.717, 1.165) is 15.3 Å². The van der Waals surface area contributed by atoms with Crippen LogP contribution in [0.5, 0.6) is 0 Å². The molecule has 0 bridgehead atoms. The Bertz CT molecular complexity index is 3140. The molecule has 0 aliphatic heterocycles. The summed E-state index contributed by atoms with van der Waals surface area (Å²) in [5.41, 5.74) is 16.4. The van der Waals surface area contributed by atoms with Crippen LogP contribution in [-0.4, -0.2) is 14.0 Å². The predicted molar refractivity (Wildman–Crippen MR) is 241 cm³/mol. The number of fused-ring (bicyclic) bond motifs is 8. The molecule has 0 radical (unpaired) electrons. The molecule has 0 saturated heterocycles. The van der Waals surface area contributed by atoms with Gasteiger partial charge in [0, 0.05) is 38.7 Å². The Labute approximate surface area is 333 Å². The fourth-order valence-corrected chi connectivity index (χ4v) is 10.2. The second-order valence-electron chi connectivity index (χ2n) is 15.0. The molecule has 8 aromatic carbocycles. The zero-order valence-corrected chi connectivity index (χ0v) is 32.5. The molecule has 260 valence electrons. The van der Waals surface area contributed by atoms with E-state index in [1.165, 1.54) is 93.8 Å². The van der Waals surface area contributed by atoms with Gasteiger partial charge in [0.2, 0.25) is 0 Å². The average molecular weight is 815 g/mol. The fourth-order valence-electron chi connectivity index (χ4n) is 9.36. The molecule has 1 aliphatic carbocycles. The SMILES string of the molecule is CC1(CI)c2ccccc2-c2ccc(-n3c4ccncc4c4cc(-c5ccc6c(-c7ccccc7)c7ccccc7c(-c7ccccc7)c6c5)ccc43)cc21. The minimum atomic E-state index is -0.0453. The van der Waals surface area contributed by atoms with Gasteiger partial charge in [-0.25, -0.2) is 0 Å². The van der Waals surface area contributed by atoms with Crippen molar-refractivity contribution in [2.45, 2.75) is 12.3 Å². The van der Waals surface area contributed by atoms with E-state index in [-0.39, 0.29) is 5.41 Å². The lowest BCUT2D eigenvalue weighted by molar-refractivity contribution is 0.684. The van der Waals surface area contributed by atoms with Gasteiger partial charge in [0.1, 0.15) is 0 Å². The van der Waals surface area contributed by atoms with Gasteiger partial charge in [-0.3, -0.25) is 4.98 Å². The molecular weight excluding hydrogens is 779 g/mol. The number of aromatic nitrogens is 2.